The molecule has 5 nitrogen and oxygen atoms in total. The molecule has 1 amide bonds. The minimum atomic E-state index is -0.521. The summed E-state index contributed by atoms with van der Waals surface area (Å²) in [5.41, 5.74) is 0. The Balaban J connectivity index is 2.27. The molecule has 0 aromatic carbocycles. The van der Waals surface area contributed by atoms with Crippen molar-refractivity contribution in [3.05, 3.63) is 18.7 Å². The van der Waals surface area contributed by atoms with E-state index in [2.05, 4.69) is 10.3 Å². The minimum Gasteiger partial charge on any atom is -0.353 e. The second kappa shape index (κ2) is 6.62. The summed E-state index contributed by atoms with van der Waals surface area (Å²) in [6, 6.07) is 2.02. The van der Waals surface area contributed by atoms with Gasteiger partial charge in [-0.05, 0) is 6.42 Å². The zero-order valence-corrected chi connectivity index (χ0v) is 9.39. The van der Waals surface area contributed by atoms with Crippen molar-refractivity contribution in [2.45, 2.75) is 26.3 Å². The number of rotatable bonds is 6. The van der Waals surface area contributed by atoms with E-state index >= 15 is 0 Å². The normalized spacial score (nSPS) is 11.8. The van der Waals surface area contributed by atoms with Gasteiger partial charge < -0.3 is 9.88 Å². The number of nitrogens with zero attached hydrogens (tertiary/aromatic N) is 3. The lowest BCUT2D eigenvalue weighted by Crippen LogP contribution is -2.32. The molecule has 0 aliphatic heterocycles. The van der Waals surface area contributed by atoms with Crippen LogP contribution in [0.3, 0.4) is 0 Å². The molecule has 0 saturated heterocycles. The molecule has 1 rings (SSSR count). The van der Waals surface area contributed by atoms with Crippen molar-refractivity contribution in [1.29, 1.82) is 5.26 Å². The number of hydrogen-bond donors (Lipinski definition) is 1. The van der Waals surface area contributed by atoms with Crippen molar-refractivity contribution in [2.75, 3.05) is 6.54 Å². The maximum absolute atomic E-state index is 11.5. The third kappa shape index (κ3) is 3.73. The highest BCUT2D eigenvalue weighted by molar-refractivity contribution is 5.80. The van der Waals surface area contributed by atoms with E-state index in [9.17, 15) is 4.79 Å². The minimum absolute atomic E-state index is 0.176. The second-order valence-electron chi connectivity index (χ2n) is 3.56. The summed E-state index contributed by atoms with van der Waals surface area (Å²) in [7, 11) is 0. The molecule has 0 spiro atoms. The summed E-state index contributed by atoms with van der Waals surface area (Å²) in [6.45, 7) is 3.16. The third-order valence-corrected chi connectivity index (χ3v) is 2.28. The molecule has 0 aliphatic rings. The number of imidazole rings is 1. The van der Waals surface area contributed by atoms with Crippen molar-refractivity contribution in [2.24, 2.45) is 5.92 Å². The monoisotopic (exact) mass is 220 g/mol. The van der Waals surface area contributed by atoms with Crippen LogP contribution in [0.4, 0.5) is 0 Å². The average molecular weight is 220 g/mol. The third-order valence-electron chi connectivity index (χ3n) is 2.28. The Hall–Kier alpha value is -1.83. The quantitative estimate of drug-likeness (QED) is 0.775. The summed E-state index contributed by atoms with van der Waals surface area (Å²) in [6.07, 6.45) is 6.68. The molecule has 1 unspecified atom stereocenters. The first-order chi connectivity index (χ1) is 7.77. The predicted octanol–water partition coefficient (Wildman–Crippen LogP) is 0.939. The molecule has 0 bridgehead atoms. The topological polar surface area (TPSA) is 70.7 Å². The first-order valence-corrected chi connectivity index (χ1v) is 5.41. The van der Waals surface area contributed by atoms with E-state index in [0.717, 1.165) is 6.42 Å². The van der Waals surface area contributed by atoms with Crippen LogP contribution in [0.1, 0.15) is 19.8 Å². The maximum atomic E-state index is 11.5. The van der Waals surface area contributed by atoms with E-state index in [-0.39, 0.29) is 5.91 Å². The van der Waals surface area contributed by atoms with E-state index in [1.165, 1.54) is 0 Å². The highest BCUT2D eigenvalue weighted by Crippen LogP contribution is 2.04. The largest absolute Gasteiger partial charge is 0.353 e. The summed E-state index contributed by atoms with van der Waals surface area (Å²) >= 11 is 0. The Bertz CT molecular complexity index is 353. The van der Waals surface area contributed by atoms with Crippen molar-refractivity contribution in [1.82, 2.24) is 14.9 Å². The van der Waals surface area contributed by atoms with Gasteiger partial charge in [-0.2, -0.15) is 5.26 Å². The van der Waals surface area contributed by atoms with Gasteiger partial charge in [0.1, 0.15) is 5.92 Å². The number of aromatic nitrogens is 2. The van der Waals surface area contributed by atoms with Crippen LogP contribution in [0.25, 0.3) is 0 Å². The molecular weight excluding hydrogens is 204 g/mol. The first-order valence-electron chi connectivity index (χ1n) is 5.41. The van der Waals surface area contributed by atoms with Crippen LogP contribution >= 0.6 is 0 Å². The van der Waals surface area contributed by atoms with Gasteiger partial charge >= 0.3 is 0 Å². The summed E-state index contributed by atoms with van der Waals surface area (Å²) < 4.78 is 1.88. The molecule has 1 atom stereocenters. The van der Waals surface area contributed by atoms with Crippen LogP contribution in [0.2, 0.25) is 0 Å². The van der Waals surface area contributed by atoms with Crippen molar-refractivity contribution in [3.8, 4) is 6.07 Å². The fraction of sp³-hybridized carbons (Fsp3) is 0.545. The smallest absolute Gasteiger partial charge is 0.237 e. The summed E-state index contributed by atoms with van der Waals surface area (Å²) in [5.74, 6) is -0.697. The van der Waals surface area contributed by atoms with E-state index in [1.54, 1.807) is 12.5 Å². The fourth-order valence-corrected chi connectivity index (χ4v) is 1.39. The number of carbonyl (C=O) groups excluding carboxylic acids is 1. The van der Waals surface area contributed by atoms with Crippen LogP contribution in [0, 0.1) is 17.2 Å². The lowest BCUT2D eigenvalue weighted by Gasteiger charge is -2.09. The SMILES string of the molecule is CCCC(C#N)C(=O)NCCn1ccnc1. The molecule has 1 N–H and O–H groups in total. The Labute approximate surface area is 95.1 Å². The molecule has 1 aromatic rings. The Morgan fingerprint density at radius 2 is 2.50 bits per heavy atom. The summed E-state index contributed by atoms with van der Waals surface area (Å²) in [4.78, 5) is 15.4. The molecular formula is C11H16N4O. The number of amides is 1. The molecule has 0 radical (unpaired) electrons. The predicted molar refractivity (Wildman–Crippen MR) is 59.2 cm³/mol. The molecule has 86 valence electrons. The van der Waals surface area contributed by atoms with Crippen LogP contribution < -0.4 is 5.32 Å². The number of nitrogens with one attached hydrogen (secondary N) is 1. The van der Waals surface area contributed by atoms with E-state index in [1.807, 2.05) is 23.8 Å². The van der Waals surface area contributed by atoms with Gasteiger partial charge in [-0.25, -0.2) is 4.98 Å². The van der Waals surface area contributed by atoms with Crippen LogP contribution in [-0.2, 0) is 11.3 Å². The first kappa shape index (κ1) is 12.2. The van der Waals surface area contributed by atoms with Crippen LogP contribution in [0.5, 0.6) is 0 Å². The molecule has 0 aliphatic carbocycles. The fourth-order valence-electron chi connectivity index (χ4n) is 1.39. The lowest BCUT2D eigenvalue weighted by atomic mass is 10.1. The van der Waals surface area contributed by atoms with Crippen molar-refractivity contribution >= 4 is 5.91 Å². The van der Waals surface area contributed by atoms with Gasteiger partial charge in [0.2, 0.25) is 5.91 Å². The standard InChI is InChI=1S/C11H16N4O/c1-2-3-10(8-12)11(16)14-5-7-15-6-4-13-9-15/h4,6,9-10H,2-3,5,7H2,1H3,(H,14,16). The number of hydrogen-bond acceptors (Lipinski definition) is 3. The van der Waals surface area contributed by atoms with Gasteiger partial charge in [-0.15, -0.1) is 0 Å². The molecule has 5 heteroatoms. The van der Waals surface area contributed by atoms with E-state index < -0.39 is 5.92 Å². The number of carbonyl (C=O) groups is 1. The van der Waals surface area contributed by atoms with Crippen LogP contribution in [-0.4, -0.2) is 22.0 Å². The van der Waals surface area contributed by atoms with Gasteiger partial charge in [0, 0.05) is 25.5 Å². The highest BCUT2D eigenvalue weighted by Gasteiger charge is 2.15. The number of nitriles is 1. The summed E-state index contributed by atoms with van der Waals surface area (Å²) in [5, 5.41) is 11.5. The Morgan fingerprint density at radius 3 is 3.06 bits per heavy atom. The van der Waals surface area contributed by atoms with Gasteiger partial charge in [-0.1, -0.05) is 13.3 Å². The molecule has 0 saturated carbocycles. The second-order valence-corrected chi connectivity index (χ2v) is 3.56. The molecule has 0 fully saturated rings. The lowest BCUT2D eigenvalue weighted by molar-refractivity contribution is -0.123. The zero-order chi connectivity index (χ0) is 11.8. The molecule has 16 heavy (non-hydrogen) atoms. The molecule has 1 aromatic heterocycles. The van der Waals surface area contributed by atoms with E-state index in [0.29, 0.717) is 19.5 Å². The van der Waals surface area contributed by atoms with Gasteiger partial charge in [0.15, 0.2) is 0 Å². The van der Waals surface area contributed by atoms with Crippen molar-refractivity contribution in [3.63, 3.8) is 0 Å². The highest BCUT2D eigenvalue weighted by atomic mass is 16.1. The van der Waals surface area contributed by atoms with E-state index in [4.69, 9.17) is 5.26 Å². The van der Waals surface area contributed by atoms with Gasteiger partial charge in [-0.3, -0.25) is 4.79 Å². The zero-order valence-electron chi connectivity index (χ0n) is 9.39. The van der Waals surface area contributed by atoms with Gasteiger partial charge in [0.05, 0.1) is 12.4 Å². The van der Waals surface area contributed by atoms with Crippen molar-refractivity contribution < 1.29 is 4.79 Å². The Morgan fingerprint density at radius 1 is 1.69 bits per heavy atom. The van der Waals surface area contributed by atoms with Gasteiger partial charge in [0.25, 0.3) is 0 Å². The average Bonchev–Trinajstić information content (AvgIpc) is 2.78. The Kier molecular flexibility index (Phi) is 5.06. The van der Waals surface area contributed by atoms with Crippen LogP contribution in [0.15, 0.2) is 18.7 Å². The molecule has 1 heterocycles. The maximum Gasteiger partial charge on any atom is 0.237 e.